The number of nitrogens with one attached hydrogen (secondary N) is 1. The molecule has 0 bridgehead atoms. The smallest absolute Gasteiger partial charge is 0.408 e. The molecule has 5 nitrogen and oxygen atoms in total. The number of H-pyrrole nitrogens is 1. The Morgan fingerprint density at radius 2 is 2.25 bits per heavy atom. The van der Waals surface area contributed by atoms with Crippen molar-refractivity contribution in [1.29, 1.82) is 5.26 Å². The normalized spacial score (nSPS) is 9.94. The van der Waals surface area contributed by atoms with Crippen LogP contribution < -0.4 is 5.76 Å². The van der Waals surface area contributed by atoms with E-state index in [1.54, 1.807) is 6.07 Å². The predicted molar refractivity (Wildman–Crippen MR) is 55.9 cm³/mol. The van der Waals surface area contributed by atoms with Crippen LogP contribution in [0.2, 0.25) is 0 Å². The zero-order valence-electron chi connectivity index (χ0n) is 8.11. The monoisotopic (exact) mass is 214 g/mol. The summed E-state index contributed by atoms with van der Waals surface area (Å²) in [6, 6.07) is 6.09. The molecular formula is C11H6N2O3. The van der Waals surface area contributed by atoms with Crippen LogP contribution in [0.5, 0.6) is 0 Å². The van der Waals surface area contributed by atoms with Crippen LogP contribution in [0.25, 0.3) is 11.1 Å². The maximum absolute atomic E-state index is 11.6. The number of Topliss-reactive ketones (excluding diaryl/α,β-unsaturated/α-hetero) is 1. The molecule has 2 aromatic rings. The number of aromatic amines is 1. The van der Waals surface area contributed by atoms with Crippen molar-refractivity contribution in [2.45, 2.75) is 0 Å². The van der Waals surface area contributed by atoms with Crippen molar-refractivity contribution >= 4 is 16.9 Å². The zero-order valence-corrected chi connectivity index (χ0v) is 8.11. The molecule has 16 heavy (non-hydrogen) atoms. The number of fused-ring (bicyclic) bond motifs is 1. The number of hydrogen-bond acceptors (Lipinski definition) is 4. The van der Waals surface area contributed by atoms with Crippen LogP contribution in [0.15, 0.2) is 39.6 Å². The molecule has 0 radical (unpaired) electrons. The molecule has 0 aliphatic carbocycles. The summed E-state index contributed by atoms with van der Waals surface area (Å²) in [4.78, 5) is 24.9. The SMILES string of the molecule is C=C(C#N)C(=O)c1ccc2oc(=O)[nH]c2c1. The Balaban J connectivity index is 2.55. The van der Waals surface area contributed by atoms with Gasteiger partial charge in [-0.15, -0.1) is 0 Å². The Labute approximate surface area is 89.6 Å². The third kappa shape index (κ3) is 1.53. The Morgan fingerprint density at radius 1 is 1.50 bits per heavy atom. The molecule has 1 aromatic heterocycles. The van der Waals surface area contributed by atoms with Gasteiger partial charge in [0.15, 0.2) is 5.58 Å². The highest BCUT2D eigenvalue weighted by molar-refractivity contribution is 6.11. The molecule has 0 amide bonds. The Morgan fingerprint density at radius 3 is 2.94 bits per heavy atom. The lowest BCUT2D eigenvalue weighted by Crippen LogP contribution is -2.00. The lowest BCUT2D eigenvalue weighted by atomic mass is 10.1. The highest BCUT2D eigenvalue weighted by Gasteiger charge is 2.11. The fourth-order valence-electron chi connectivity index (χ4n) is 1.32. The first-order valence-corrected chi connectivity index (χ1v) is 4.38. The van der Waals surface area contributed by atoms with Crippen molar-refractivity contribution in [1.82, 2.24) is 4.98 Å². The fraction of sp³-hybridized carbons (Fsp3) is 0. The quantitative estimate of drug-likeness (QED) is 0.464. The summed E-state index contributed by atoms with van der Waals surface area (Å²) in [6.07, 6.45) is 0. The van der Waals surface area contributed by atoms with Gasteiger partial charge in [0.2, 0.25) is 5.78 Å². The molecule has 0 aliphatic rings. The van der Waals surface area contributed by atoms with Gasteiger partial charge in [0.05, 0.1) is 11.1 Å². The van der Waals surface area contributed by atoms with Gasteiger partial charge >= 0.3 is 5.76 Å². The van der Waals surface area contributed by atoms with Crippen molar-refractivity contribution in [3.63, 3.8) is 0 Å². The van der Waals surface area contributed by atoms with E-state index in [1.807, 2.05) is 0 Å². The Hall–Kier alpha value is -2.61. The Bertz CT molecular complexity index is 685. The maximum Gasteiger partial charge on any atom is 0.417 e. The molecule has 1 heterocycles. The molecule has 0 unspecified atom stereocenters. The van der Waals surface area contributed by atoms with E-state index >= 15 is 0 Å². The van der Waals surface area contributed by atoms with Gasteiger partial charge in [0.25, 0.3) is 0 Å². The molecule has 2 rings (SSSR count). The first-order chi connectivity index (χ1) is 7.61. The van der Waals surface area contributed by atoms with Gasteiger partial charge in [0.1, 0.15) is 6.07 Å². The van der Waals surface area contributed by atoms with Gasteiger partial charge < -0.3 is 4.42 Å². The lowest BCUT2D eigenvalue weighted by Gasteiger charge is -1.96. The van der Waals surface area contributed by atoms with Crippen molar-refractivity contribution in [3.8, 4) is 6.07 Å². The second-order valence-corrected chi connectivity index (χ2v) is 3.14. The van der Waals surface area contributed by atoms with Crippen LogP contribution in [-0.4, -0.2) is 10.8 Å². The van der Waals surface area contributed by atoms with E-state index in [1.165, 1.54) is 18.2 Å². The predicted octanol–water partition coefficient (Wildman–Crippen LogP) is 1.38. The molecular weight excluding hydrogens is 208 g/mol. The Kier molecular flexibility index (Phi) is 2.18. The van der Waals surface area contributed by atoms with Crippen LogP contribution in [-0.2, 0) is 0 Å². The van der Waals surface area contributed by atoms with E-state index in [4.69, 9.17) is 9.68 Å². The number of nitriles is 1. The van der Waals surface area contributed by atoms with Crippen molar-refractivity contribution in [3.05, 3.63) is 46.5 Å². The number of rotatable bonds is 2. The number of allylic oxidation sites excluding steroid dienone is 1. The van der Waals surface area contributed by atoms with Gasteiger partial charge in [-0.05, 0) is 18.2 Å². The standard InChI is InChI=1S/C11H6N2O3/c1-6(5-12)10(14)7-2-3-9-8(4-7)13-11(15)16-9/h2-4H,1H2,(H,13,15). The minimum Gasteiger partial charge on any atom is -0.408 e. The molecule has 5 heteroatoms. The van der Waals surface area contributed by atoms with E-state index in [0.29, 0.717) is 11.1 Å². The number of carbonyl (C=O) groups excluding carboxylic acids is 1. The summed E-state index contributed by atoms with van der Waals surface area (Å²) in [6.45, 7) is 3.33. The van der Waals surface area contributed by atoms with Crippen LogP contribution in [0.1, 0.15) is 10.4 Å². The van der Waals surface area contributed by atoms with E-state index in [2.05, 4.69) is 11.6 Å². The lowest BCUT2D eigenvalue weighted by molar-refractivity contribution is 0.103. The molecule has 0 saturated carbocycles. The summed E-state index contributed by atoms with van der Waals surface area (Å²) in [5.74, 6) is -1.05. The number of hydrogen-bond donors (Lipinski definition) is 1. The summed E-state index contributed by atoms with van der Waals surface area (Å²) >= 11 is 0. The van der Waals surface area contributed by atoms with E-state index in [-0.39, 0.29) is 11.1 Å². The van der Waals surface area contributed by atoms with Crippen molar-refractivity contribution in [2.75, 3.05) is 0 Å². The van der Waals surface area contributed by atoms with Crippen LogP contribution in [0.4, 0.5) is 0 Å². The minimum atomic E-state index is -0.585. The second kappa shape index (κ2) is 3.51. The third-order valence-electron chi connectivity index (χ3n) is 2.09. The number of ketones is 1. The third-order valence-corrected chi connectivity index (χ3v) is 2.09. The summed E-state index contributed by atoms with van der Waals surface area (Å²) in [5, 5.41) is 8.54. The number of aromatic nitrogens is 1. The largest absolute Gasteiger partial charge is 0.417 e. The molecule has 0 fully saturated rings. The maximum atomic E-state index is 11.6. The summed E-state index contributed by atoms with van der Waals surface area (Å²) in [7, 11) is 0. The molecule has 0 saturated heterocycles. The number of oxazole rings is 1. The first-order valence-electron chi connectivity index (χ1n) is 4.38. The summed E-state index contributed by atoms with van der Waals surface area (Å²) in [5.41, 5.74) is 0.923. The van der Waals surface area contributed by atoms with Gasteiger partial charge in [0, 0.05) is 5.56 Å². The van der Waals surface area contributed by atoms with E-state index < -0.39 is 11.5 Å². The molecule has 78 valence electrons. The van der Waals surface area contributed by atoms with Gasteiger partial charge in [-0.2, -0.15) is 5.26 Å². The van der Waals surface area contributed by atoms with E-state index in [9.17, 15) is 9.59 Å². The van der Waals surface area contributed by atoms with Gasteiger partial charge in [-0.25, -0.2) is 4.79 Å². The van der Waals surface area contributed by atoms with Crippen LogP contribution >= 0.6 is 0 Å². The summed E-state index contributed by atoms with van der Waals surface area (Å²) < 4.78 is 4.78. The van der Waals surface area contributed by atoms with Crippen LogP contribution in [0.3, 0.4) is 0 Å². The number of nitrogens with zero attached hydrogens (tertiary/aromatic N) is 1. The average molecular weight is 214 g/mol. The average Bonchev–Trinajstić information content (AvgIpc) is 2.65. The van der Waals surface area contributed by atoms with Gasteiger partial charge in [-0.1, -0.05) is 6.58 Å². The number of carbonyl (C=O) groups is 1. The van der Waals surface area contributed by atoms with Crippen molar-refractivity contribution < 1.29 is 9.21 Å². The number of benzene rings is 1. The molecule has 0 spiro atoms. The van der Waals surface area contributed by atoms with Crippen molar-refractivity contribution in [2.24, 2.45) is 0 Å². The fourth-order valence-corrected chi connectivity index (χ4v) is 1.32. The highest BCUT2D eigenvalue weighted by Crippen LogP contribution is 2.14. The minimum absolute atomic E-state index is 0.148. The molecule has 1 N–H and O–H groups in total. The topological polar surface area (TPSA) is 86.9 Å². The van der Waals surface area contributed by atoms with E-state index in [0.717, 1.165) is 0 Å². The zero-order chi connectivity index (χ0) is 11.7. The molecule has 0 atom stereocenters. The first kappa shape index (κ1) is 9.93. The highest BCUT2D eigenvalue weighted by atomic mass is 16.4. The second-order valence-electron chi connectivity index (χ2n) is 3.14. The molecule has 0 aliphatic heterocycles. The van der Waals surface area contributed by atoms with Crippen LogP contribution in [0, 0.1) is 11.3 Å². The molecule has 1 aromatic carbocycles. The van der Waals surface area contributed by atoms with Gasteiger partial charge in [-0.3, -0.25) is 9.78 Å².